The van der Waals surface area contributed by atoms with Gasteiger partial charge in [0.05, 0.1) is 17.9 Å². The molecule has 116 valence electrons. The highest BCUT2D eigenvalue weighted by Gasteiger charge is 2.13. The Morgan fingerprint density at radius 3 is 2.50 bits per heavy atom. The molecule has 1 aromatic heterocycles. The zero-order chi connectivity index (χ0) is 16.2. The predicted molar refractivity (Wildman–Crippen MR) is 82.6 cm³/mol. The van der Waals surface area contributed by atoms with Crippen molar-refractivity contribution in [2.24, 2.45) is 0 Å². The van der Waals surface area contributed by atoms with E-state index in [1.807, 2.05) is 20.8 Å². The van der Waals surface area contributed by atoms with Gasteiger partial charge in [-0.3, -0.25) is 0 Å². The van der Waals surface area contributed by atoms with Gasteiger partial charge in [0, 0.05) is 11.1 Å². The SMILES string of the molecule is CC(C)(C)NC(=O)NCc1cc(-c2ccc(F)cc2)ncn1. The number of benzene rings is 1. The van der Waals surface area contributed by atoms with Crippen LogP contribution in [0.25, 0.3) is 11.3 Å². The molecule has 2 rings (SSSR count). The summed E-state index contributed by atoms with van der Waals surface area (Å²) in [5.41, 5.74) is 1.86. The molecule has 2 N–H and O–H groups in total. The van der Waals surface area contributed by atoms with Crippen LogP contribution in [0.2, 0.25) is 0 Å². The largest absolute Gasteiger partial charge is 0.334 e. The molecule has 0 atom stereocenters. The second-order valence-corrected chi connectivity index (χ2v) is 5.96. The van der Waals surface area contributed by atoms with Crippen molar-refractivity contribution in [2.45, 2.75) is 32.9 Å². The van der Waals surface area contributed by atoms with Crippen LogP contribution in [-0.4, -0.2) is 21.5 Å². The molecular formula is C16H19FN4O. The van der Waals surface area contributed by atoms with Crippen molar-refractivity contribution in [3.63, 3.8) is 0 Å². The Hall–Kier alpha value is -2.50. The van der Waals surface area contributed by atoms with Crippen molar-refractivity contribution in [1.82, 2.24) is 20.6 Å². The summed E-state index contributed by atoms with van der Waals surface area (Å²) in [5, 5.41) is 5.55. The summed E-state index contributed by atoms with van der Waals surface area (Å²) >= 11 is 0. The van der Waals surface area contributed by atoms with Gasteiger partial charge in [-0.2, -0.15) is 0 Å². The lowest BCUT2D eigenvalue weighted by Gasteiger charge is -2.20. The van der Waals surface area contributed by atoms with E-state index in [2.05, 4.69) is 20.6 Å². The quantitative estimate of drug-likeness (QED) is 0.916. The summed E-state index contributed by atoms with van der Waals surface area (Å²) in [4.78, 5) is 20.0. The maximum atomic E-state index is 12.9. The van der Waals surface area contributed by atoms with E-state index in [1.54, 1.807) is 18.2 Å². The molecule has 0 saturated carbocycles. The highest BCUT2D eigenvalue weighted by atomic mass is 19.1. The monoisotopic (exact) mass is 302 g/mol. The maximum Gasteiger partial charge on any atom is 0.315 e. The van der Waals surface area contributed by atoms with Crippen LogP contribution in [0.15, 0.2) is 36.7 Å². The number of urea groups is 1. The number of carbonyl (C=O) groups excluding carboxylic acids is 1. The zero-order valence-electron chi connectivity index (χ0n) is 12.9. The molecule has 0 spiro atoms. The van der Waals surface area contributed by atoms with Gasteiger partial charge in [-0.15, -0.1) is 0 Å². The van der Waals surface area contributed by atoms with Gasteiger partial charge in [0.15, 0.2) is 0 Å². The first-order valence-electron chi connectivity index (χ1n) is 6.96. The highest BCUT2D eigenvalue weighted by molar-refractivity contribution is 5.74. The average Bonchev–Trinajstić information content (AvgIpc) is 2.44. The Labute approximate surface area is 129 Å². The van der Waals surface area contributed by atoms with E-state index in [1.165, 1.54) is 18.5 Å². The maximum absolute atomic E-state index is 12.9. The minimum absolute atomic E-state index is 0.255. The van der Waals surface area contributed by atoms with Gasteiger partial charge in [-0.25, -0.2) is 19.2 Å². The molecule has 0 fully saturated rings. The summed E-state index contributed by atoms with van der Waals surface area (Å²) in [6.45, 7) is 6.01. The Morgan fingerprint density at radius 1 is 1.18 bits per heavy atom. The van der Waals surface area contributed by atoms with Crippen LogP contribution in [0.1, 0.15) is 26.5 Å². The van der Waals surface area contributed by atoms with E-state index < -0.39 is 0 Å². The topological polar surface area (TPSA) is 66.9 Å². The fourth-order valence-corrected chi connectivity index (χ4v) is 1.83. The van der Waals surface area contributed by atoms with Crippen molar-refractivity contribution in [1.29, 1.82) is 0 Å². The van der Waals surface area contributed by atoms with Crippen molar-refractivity contribution < 1.29 is 9.18 Å². The Kier molecular flexibility index (Phi) is 4.70. The number of halogens is 1. The van der Waals surface area contributed by atoms with Crippen LogP contribution < -0.4 is 10.6 Å². The van der Waals surface area contributed by atoms with Gasteiger partial charge in [0.25, 0.3) is 0 Å². The summed E-state index contributed by atoms with van der Waals surface area (Å²) in [6, 6.07) is 7.58. The number of carbonyl (C=O) groups is 1. The van der Waals surface area contributed by atoms with E-state index in [4.69, 9.17) is 0 Å². The number of hydrogen-bond acceptors (Lipinski definition) is 3. The van der Waals surface area contributed by atoms with E-state index >= 15 is 0 Å². The molecule has 0 bridgehead atoms. The smallest absolute Gasteiger partial charge is 0.315 e. The molecule has 0 saturated heterocycles. The fraction of sp³-hybridized carbons (Fsp3) is 0.312. The normalized spacial score (nSPS) is 11.1. The van der Waals surface area contributed by atoms with Crippen LogP contribution >= 0.6 is 0 Å². The Bertz CT molecular complexity index is 650. The van der Waals surface area contributed by atoms with Crippen LogP contribution in [0.3, 0.4) is 0 Å². The first kappa shape index (κ1) is 15.9. The third kappa shape index (κ3) is 4.80. The van der Waals surface area contributed by atoms with Crippen molar-refractivity contribution in [2.75, 3.05) is 0 Å². The Morgan fingerprint density at radius 2 is 1.86 bits per heavy atom. The van der Waals surface area contributed by atoms with Gasteiger partial charge in [-0.05, 0) is 51.1 Å². The molecule has 0 aliphatic rings. The van der Waals surface area contributed by atoms with Gasteiger partial charge in [-0.1, -0.05) is 0 Å². The standard InChI is InChI=1S/C16H19FN4O/c1-16(2,3)21-15(22)18-9-13-8-14(20-10-19-13)11-4-6-12(17)7-5-11/h4-8,10H,9H2,1-3H3,(H2,18,21,22). The molecule has 0 unspecified atom stereocenters. The lowest BCUT2D eigenvalue weighted by atomic mass is 10.1. The predicted octanol–water partition coefficient (Wildman–Crippen LogP) is 2.88. The molecule has 0 radical (unpaired) electrons. The molecule has 1 heterocycles. The number of aromatic nitrogens is 2. The van der Waals surface area contributed by atoms with Crippen LogP contribution in [0, 0.1) is 5.82 Å². The first-order chi connectivity index (χ1) is 10.3. The molecule has 0 aliphatic carbocycles. The summed E-state index contributed by atoms with van der Waals surface area (Å²) in [7, 11) is 0. The average molecular weight is 302 g/mol. The zero-order valence-corrected chi connectivity index (χ0v) is 12.9. The van der Waals surface area contributed by atoms with E-state index in [0.29, 0.717) is 17.9 Å². The lowest BCUT2D eigenvalue weighted by Crippen LogP contribution is -2.46. The number of rotatable bonds is 3. The van der Waals surface area contributed by atoms with Gasteiger partial charge < -0.3 is 10.6 Å². The molecule has 0 aliphatic heterocycles. The minimum atomic E-state index is -0.297. The van der Waals surface area contributed by atoms with Crippen molar-refractivity contribution >= 4 is 6.03 Å². The van der Waals surface area contributed by atoms with E-state index in [9.17, 15) is 9.18 Å². The molecule has 22 heavy (non-hydrogen) atoms. The fourth-order valence-electron chi connectivity index (χ4n) is 1.83. The highest BCUT2D eigenvalue weighted by Crippen LogP contribution is 2.17. The molecule has 5 nitrogen and oxygen atoms in total. The van der Waals surface area contributed by atoms with E-state index in [-0.39, 0.29) is 17.4 Å². The third-order valence-corrected chi connectivity index (χ3v) is 2.78. The summed E-state index contributed by atoms with van der Waals surface area (Å²) in [6.07, 6.45) is 1.43. The van der Waals surface area contributed by atoms with Gasteiger partial charge in [0.2, 0.25) is 0 Å². The van der Waals surface area contributed by atoms with Crippen molar-refractivity contribution in [3.05, 3.63) is 48.2 Å². The molecule has 1 aromatic carbocycles. The van der Waals surface area contributed by atoms with Crippen LogP contribution in [0.5, 0.6) is 0 Å². The molecular weight excluding hydrogens is 283 g/mol. The summed E-state index contributed by atoms with van der Waals surface area (Å²) in [5.74, 6) is -0.293. The third-order valence-electron chi connectivity index (χ3n) is 2.78. The molecule has 2 amide bonds. The molecule has 6 heteroatoms. The number of nitrogens with zero attached hydrogens (tertiary/aromatic N) is 2. The van der Waals surface area contributed by atoms with Crippen LogP contribution in [-0.2, 0) is 6.54 Å². The second kappa shape index (κ2) is 6.51. The lowest BCUT2D eigenvalue weighted by molar-refractivity contribution is 0.231. The summed E-state index contributed by atoms with van der Waals surface area (Å²) < 4.78 is 12.9. The Balaban J connectivity index is 2.03. The van der Waals surface area contributed by atoms with Gasteiger partial charge in [0.1, 0.15) is 12.1 Å². The first-order valence-corrected chi connectivity index (χ1v) is 6.96. The van der Waals surface area contributed by atoms with Crippen molar-refractivity contribution in [3.8, 4) is 11.3 Å². The number of amides is 2. The van der Waals surface area contributed by atoms with Gasteiger partial charge >= 0.3 is 6.03 Å². The minimum Gasteiger partial charge on any atom is -0.334 e. The van der Waals surface area contributed by atoms with E-state index in [0.717, 1.165) is 5.56 Å². The molecule has 2 aromatic rings. The number of hydrogen-bond donors (Lipinski definition) is 2. The second-order valence-electron chi connectivity index (χ2n) is 5.96. The number of nitrogens with one attached hydrogen (secondary N) is 2. The van der Waals surface area contributed by atoms with Crippen LogP contribution in [0.4, 0.5) is 9.18 Å².